The van der Waals surface area contributed by atoms with Gasteiger partial charge in [0.05, 0.1) is 30.8 Å². The summed E-state index contributed by atoms with van der Waals surface area (Å²) in [5, 5.41) is 34.4. The van der Waals surface area contributed by atoms with Crippen LogP contribution in [0.2, 0.25) is 0 Å². The molecule has 0 aromatic heterocycles. The molecule has 0 spiro atoms. The fourth-order valence-corrected chi connectivity index (χ4v) is 3.46. The van der Waals surface area contributed by atoms with Crippen LogP contribution in [0.1, 0.15) is 40.0 Å². The fourth-order valence-electron chi connectivity index (χ4n) is 3.46. The Balaban J connectivity index is 2.50. The van der Waals surface area contributed by atoms with E-state index >= 15 is 0 Å². The number of carboxylic acids is 1. The Kier molecular flexibility index (Phi) is 11.3. The lowest BCUT2D eigenvalue weighted by atomic mass is 9.96. The molecule has 1 heterocycles. The summed E-state index contributed by atoms with van der Waals surface area (Å²) < 4.78 is 0. The summed E-state index contributed by atoms with van der Waals surface area (Å²) in [6.07, 6.45) is -2.30. The van der Waals surface area contributed by atoms with Crippen molar-refractivity contribution < 1.29 is 34.5 Å². The van der Waals surface area contributed by atoms with Crippen LogP contribution < -0.4 is 33.6 Å². The summed E-state index contributed by atoms with van der Waals surface area (Å²) in [5.41, 5.74) is 22.6. The molecule has 1 rings (SSSR count). The molecule has 0 fully saturated rings. The number of nitrogens with one attached hydrogen (secondary N) is 2. The van der Waals surface area contributed by atoms with Gasteiger partial charge in [0.2, 0.25) is 11.8 Å². The van der Waals surface area contributed by atoms with Gasteiger partial charge >= 0.3 is 12.0 Å². The molecule has 1 aliphatic heterocycles. The van der Waals surface area contributed by atoms with E-state index in [2.05, 4.69) is 15.6 Å². The Morgan fingerprint density at radius 1 is 1.06 bits per heavy atom. The Hall–Kier alpha value is -3.01. The van der Waals surface area contributed by atoms with Crippen LogP contribution in [0.5, 0.6) is 0 Å². The quantitative estimate of drug-likeness (QED) is 0.119. The lowest BCUT2D eigenvalue weighted by molar-refractivity contribution is -0.143. The highest BCUT2D eigenvalue weighted by molar-refractivity contribution is 5.96. The lowest BCUT2D eigenvalue weighted by Gasteiger charge is -2.25. The van der Waals surface area contributed by atoms with Crippen molar-refractivity contribution in [1.82, 2.24) is 15.5 Å². The van der Waals surface area contributed by atoms with Crippen LogP contribution in [0.4, 0.5) is 4.79 Å². The molecule has 0 bridgehead atoms. The van der Waals surface area contributed by atoms with Gasteiger partial charge in [-0.15, -0.1) is 0 Å². The van der Waals surface area contributed by atoms with Crippen molar-refractivity contribution in [2.75, 3.05) is 6.54 Å². The second-order valence-electron chi connectivity index (χ2n) is 9.03. The van der Waals surface area contributed by atoms with Crippen LogP contribution in [0.15, 0.2) is 4.99 Å². The van der Waals surface area contributed by atoms with Crippen LogP contribution in [0.25, 0.3) is 0 Å². The SMILES string of the molecule is CC(NC(=O)C(N)C(N)CCC(O)C(O)CC1CN(C(N)=O)C(N)=N1)C(=O)NC(C(=O)O)C(C)C. The topological polar surface area (TPSA) is 273 Å². The van der Waals surface area contributed by atoms with Crippen LogP contribution in [0, 0.1) is 5.92 Å². The molecule has 13 N–H and O–H groups in total. The molecule has 0 aromatic carbocycles. The van der Waals surface area contributed by atoms with E-state index in [-0.39, 0.29) is 37.7 Å². The van der Waals surface area contributed by atoms with Gasteiger partial charge in [-0.2, -0.15) is 0 Å². The second kappa shape index (κ2) is 13.2. The molecule has 0 saturated heterocycles. The zero-order valence-corrected chi connectivity index (χ0v) is 20.1. The molecule has 15 heteroatoms. The number of carbonyl (C=O) groups is 4. The molecular weight excluding hydrogens is 464 g/mol. The molecule has 0 radical (unpaired) electrons. The number of aliphatic hydroxyl groups excluding tert-OH is 2. The summed E-state index contributed by atoms with van der Waals surface area (Å²) in [4.78, 5) is 52.2. The Bertz CT molecular complexity index is 808. The Labute approximate surface area is 203 Å². The summed E-state index contributed by atoms with van der Waals surface area (Å²) in [5.74, 6) is -3.04. The number of carbonyl (C=O) groups excluding carboxylic acids is 3. The van der Waals surface area contributed by atoms with Gasteiger partial charge in [-0.1, -0.05) is 13.8 Å². The van der Waals surface area contributed by atoms with E-state index in [1.54, 1.807) is 13.8 Å². The number of amides is 4. The highest BCUT2D eigenvalue weighted by Gasteiger charge is 2.32. The molecule has 0 aromatic rings. The maximum Gasteiger partial charge on any atom is 0.326 e. The monoisotopic (exact) mass is 502 g/mol. The standard InChI is InChI=1S/C20H38N8O7/c1-8(2)15(18(33)34)27-16(31)9(3)25-17(32)14(22)11(21)4-5-12(29)13(30)6-10-7-28(20(24)35)19(23)26-10/h8-15,29-30H,4-7,21-22H2,1-3H3,(H2,23,26)(H2,24,35)(H,25,32)(H,27,31)(H,33,34). The minimum absolute atomic E-state index is 0.0134. The molecule has 35 heavy (non-hydrogen) atoms. The van der Waals surface area contributed by atoms with Crippen molar-refractivity contribution in [1.29, 1.82) is 0 Å². The highest BCUT2D eigenvalue weighted by Crippen LogP contribution is 2.16. The molecule has 200 valence electrons. The van der Waals surface area contributed by atoms with Crippen molar-refractivity contribution in [2.45, 2.75) is 82.5 Å². The Morgan fingerprint density at radius 3 is 2.14 bits per heavy atom. The van der Waals surface area contributed by atoms with Gasteiger partial charge in [-0.05, 0) is 25.7 Å². The molecule has 7 unspecified atom stereocenters. The van der Waals surface area contributed by atoms with Crippen molar-refractivity contribution in [3.63, 3.8) is 0 Å². The van der Waals surface area contributed by atoms with Crippen LogP contribution in [0.3, 0.4) is 0 Å². The number of rotatable bonds is 13. The van der Waals surface area contributed by atoms with E-state index < -0.39 is 66.2 Å². The molecule has 0 aliphatic carbocycles. The average Bonchev–Trinajstić information content (AvgIpc) is 3.14. The van der Waals surface area contributed by atoms with Crippen LogP contribution in [-0.4, -0.2) is 99.0 Å². The van der Waals surface area contributed by atoms with Gasteiger partial charge in [-0.25, -0.2) is 14.6 Å². The molecule has 7 atom stereocenters. The largest absolute Gasteiger partial charge is 0.480 e. The number of hydrogen-bond donors (Lipinski definition) is 9. The number of nitrogens with two attached hydrogens (primary N) is 4. The van der Waals surface area contributed by atoms with E-state index in [0.29, 0.717) is 0 Å². The van der Waals surface area contributed by atoms with E-state index in [9.17, 15) is 34.5 Å². The highest BCUT2D eigenvalue weighted by atomic mass is 16.4. The molecule has 1 aliphatic rings. The van der Waals surface area contributed by atoms with Crippen molar-refractivity contribution in [2.24, 2.45) is 33.8 Å². The minimum Gasteiger partial charge on any atom is -0.480 e. The molecular formula is C20H38N8O7. The summed E-state index contributed by atoms with van der Waals surface area (Å²) in [6.45, 7) is 4.73. The van der Waals surface area contributed by atoms with Crippen LogP contribution in [-0.2, 0) is 14.4 Å². The molecule has 4 amide bonds. The normalized spacial score (nSPS) is 20.9. The number of carboxylic acid groups (broad SMARTS) is 1. The number of nitrogens with zero attached hydrogens (tertiary/aromatic N) is 2. The van der Waals surface area contributed by atoms with Crippen LogP contribution >= 0.6 is 0 Å². The van der Waals surface area contributed by atoms with Crippen molar-refractivity contribution in [3.05, 3.63) is 0 Å². The predicted octanol–water partition coefficient (Wildman–Crippen LogP) is -3.66. The first-order valence-corrected chi connectivity index (χ1v) is 11.3. The van der Waals surface area contributed by atoms with E-state index in [0.717, 1.165) is 4.90 Å². The number of aliphatic carboxylic acids is 1. The second-order valence-corrected chi connectivity index (χ2v) is 9.03. The predicted molar refractivity (Wildman–Crippen MR) is 126 cm³/mol. The third kappa shape index (κ3) is 8.93. The minimum atomic E-state index is -1.22. The van der Waals surface area contributed by atoms with E-state index in [1.807, 2.05) is 0 Å². The van der Waals surface area contributed by atoms with Gasteiger partial charge in [0.25, 0.3) is 0 Å². The summed E-state index contributed by atoms with van der Waals surface area (Å²) >= 11 is 0. The number of hydrogen-bond acceptors (Lipinski definition) is 10. The molecule has 15 nitrogen and oxygen atoms in total. The smallest absolute Gasteiger partial charge is 0.326 e. The van der Waals surface area contributed by atoms with E-state index in [1.165, 1.54) is 6.92 Å². The van der Waals surface area contributed by atoms with Gasteiger partial charge in [0.15, 0.2) is 5.96 Å². The third-order valence-electron chi connectivity index (χ3n) is 5.75. The summed E-state index contributed by atoms with van der Waals surface area (Å²) in [7, 11) is 0. The maximum atomic E-state index is 12.4. The first-order chi connectivity index (χ1) is 16.1. The number of aliphatic hydroxyl groups is 2. The molecule has 0 saturated carbocycles. The van der Waals surface area contributed by atoms with Crippen molar-refractivity contribution in [3.8, 4) is 0 Å². The third-order valence-corrected chi connectivity index (χ3v) is 5.75. The number of urea groups is 1. The van der Waals surface area contributed by atoms with Gasteiger partial charge in [0.1, 0.15) is 12.1 Å². The Morgan fingerprint density at radius 2 is 1.66 bits per heavy atom. The van der Waals surface area contributed by atoms with E-state index in [4.69, 9.17) is 22.9 Å². The number of guanidine groups is 1. The maximum absolute atomic E-state index is 12.4. The zero-order valence-electron chi connectivity index (χ0n) is 20.1. The zero-order chi connectivity index (χ0) is 27.0. The van der Waals surface area contributed by atoms with Crippen molar-refractivity contribution >= 4 is 29.8 Å². The fraction of sp³-hybridized carbons (Fsp3) is 0.750. The van der Waals surface area contributed by atoms with Gasteiger partial charge in [0, 0.05) is 12.5 Å². The first-order valence-electron chi connectivity index (χ1n) is 11.3. The summed E-state index contributed by atoms with van der Waals surface area (Å²) in [6, 6.07) is -5.60. The average molecular weight is 503 g/mol. The number of primary amides is 1. The lowest BCUT2D eigenvalue weighted by Crippen LogP contribution is -2.57. The van der Waals surface area contributed by atoms with Gasteiger partial charge < -0.3 is 48.9 Å². The first kappa shape index (κ1) is 30.0. The van der Waals surface area contributed by atoms with Gasteiger partial charge in [-0.3, -0.25) is 14.5 Å². The number of aliphatic imine (C=N–C) groups is 1.